The molecule has 2 aliphatic rings. The van der Waals surface area contributed by atoms with Crippen molar-refractivity contribution in [2.45, 2.75) is 19.0 Å². The molecule has 3 heterocycles. The first-order chi connectivity index (χ1) is 17.0. The molecule has 2 aliphatic heterocycles. The van der Waals surface area contributed by atoms with Gasteiger partial charge in [0.1, 0.15) is 5.58 Å². The van der Waals surface area contributed by atoms with Crippen molar-refractivity contribution in [2.24, 2.45) is 0 Å². The lowest BCUT2D eigenvalue weighted by Crippen LogP contribution is -2.53. The van der Waals surface area contributed by atoms with E-state index in [1.165, 1.54) is 4.90 Å². The SMILES string of the molecule is C=CCN1C(=O)C2(c3ccccc31)c1c(oc3ccc(C)cc3c1=O)C(=O)N2Cc1ccccc1. The number of benzene rings is 3. The van der Waals surface area contributed by atoms with E-state index in [0.29, 0.717) is 22.2 Å². The maximum absolute atomic E-state index is 14.3. The van der Waals surface area contributed by atoms with Crippen LogP contribution in [0.25, 0.3) is 11.0 Å². The summed E-state index contributed by atoms with van der Waals surface area (Å²) in [6, 6.07) is 22.0. The summed E-state index contributed by atoms with van der Waals surface area (Å²) in [6.45, 7) is 6.08. The van der Waals surface area contributed by atoms with Crippen LogP contribution in [0.4, 0.5) is 5.69 Å². The third kappa shape index (κ3) is 2.74. The largest absolute Gasteiger partial charge is 0.450 e. The molecule has 6 rings (SSSR count). The summed E-state index contributed by atoms with van der Waals surface area (Å²) < 4.78 is 6.08. The number of para-hydroxylation sites is 1. The van der Waals surface area contributed by atoms with Crippen molar-refractivity contribution < 1.29 is 14.0 Å². The van der Waals surface area contributed by atoms with E-state index < -0.39 is 11.4 Å². The minimum atomic E-state index is -1.62. The average molecular weight is 463 g/mol. The molecule has 0 saturated heterocycles. The van der Waals surface area contributed by atoms with Crippen molar-refractivity contribution in [3.05, 3.63) is 124 Å². The minimum absolute atomic E-state index is 0.0779. The molecule has 1 spiro atoms. The summed E-state index contributed by atoms with van der Waals surface area (Å²) >= 11 is 0. The Balaban J connectivity index is 1.72. The van der Waals surface area contributed by atoms with Crippen LogP contribution in [0.1, 0.15) is 32.8 Å². The molecule has 1 aromatic heterocycles. The van der Waals surface area contributed by atoms with E-state index in [1.807, 2.05) is 67.6 Å². The fraction of sp³-hybridized carbons (Fsp3) is 0.138. The number of fused-ring (bicyclic) bond motifs is 5. The van der Waals surface area contributed by atoms with Gasteiger partial charge in [0.2, 0.25) is 5.76 Å². The highest BCUT2D eigenvalue weighted by Gasteiger charge is 2.64. The molecule has 172 valence electrons. The molecule has 3 aromatic carbocycles. The number of carbonyl (C=O) groups excluding carboxylic acids is 2. The standard InChI is InChI=1S/C29H22N2O4/c1-3-15-30-22-12-8-7-11-21(22)29(28(30)34)24-25(32)20-16-18(2)13-14-23(20)35-26(24)27(33)31(29)17-19-9-5-4-6-10-19/h3-14,16H,1,15,17H2,2H3. The Hall–Kier alpha value is -4.45. The quantitative estimate of drug-likeness (QED) is 0.418. The third-order valence-corrected chi connectivity index (χ3v) is 6.89. The summed E-state index contributed by atoms with van der Waals surface area (Å²) in [5, 5.41) is 0.352. The molecule has 1 atom stereocenters. The second kappa shape index (κ2) is 7.53. The minimum Gasteiger partial charge on any atom is -0.450 e. The summed E-state index contributed by atoms with van der Waals surface area (Å²) in [4.78, 5) is 45.4. The van der Waals surface area contributed by atoms with Crippen molar-refractivity contribution in [1.82, 2.24) is 4.90 Å². The second-order valence-electron chi connectivity index (χ2n) is 8.94. The second-order valence-corrected chi connectivity index (χ2v) is 8.94. The molecule has 2 amide bonds. The first-order valence-corrected chi connectivity index (χ1v) is 11.4. The predicted molar refractivity (Wildman–Crippen MR) is 133 cm³/mol. The Morgan fingerprint density at radius 2 is 1.71 bits per heavy atom. The van der Waals surface area contributed by atoms with Gasteiger partial charge in [-0.1, -0.05) is 66.2 Å². The van der Waals surface area contributed by atoms with E-state index >= 15 is 0 Å². The van der Waals surface area contributed by atoms with Crippen LogP contribution in [-0.2, 0) is 16.9 Å². The van der Waals surface area contributed by atoms with Crippen molar-refractivity contribution in [1.29, 1.82) is 0 Å². The van der Waals surface area contributed by atoms with Gasteiger partial charge in [-0.2, -0.15) is 0 Å². The van der Waals surface area contributed by atoms with E-state index in [2.05, 4.69) is 6.58 Å². The highest BCUT2D eigenvalue weighted by atomic mass is 16.3. The number of aryl methyl sites for hydroxylation is 1. The van der Waals surface area contributed by atoms with E-state index in [1.54, 1.807) is 23.1 Å². The van der Waals surface area contributed by atoms with Gasteiger partial charge in [-0.25, -0.2) is 0 Å². The summed E-state index contributed by atoms with van der Waals surface area (Å²) in [5.74, 6) is -0.918. The van der Waals surface area contributed by atoms with E-state index in [4.69, 9.17) is 4.42 Å². The van der Waals surface area contributed by atoms with Crippen molar-refractivity contribution in [3.8, 4) is 0 Å². The van der Waals surface area contributed by atoms with Gasteiger partial charge in [0, 0.05) is 18.7 Å². The van der Waals surface area contributed by atoms with Gasteiger partial charge in [-0.15, -0.1) is 6.58 Å². The van der Waals surface area contributed by atoms with Crippen molar-refractivity contribution in [3.63, 3.8) is 0 Å². The Morgan fingerprint density at radius 3 is 2.49 bits per heavy atom. The zero-order valence-electron chi connectivity index (χ0n) is 19.2. The molecule has 0 N–H and O–H groups in total. The highest BCUT2D eigenvalue weighted by Crippen LogP contribution is 2.53. The lowest BCUT2D eigenvalue weighted by Gasteiger charge is -2.34. The van der Waals surface area contributed by atoms with Crippen molar-refractivity contribution >= 4 is 28.5 Å². The van der Waals surface area contributed by atoms with Gasteiger partial charge < -0.3 is 14.2 Å². The summed E-state index contributed by atoms with van der Waals surface area (Å²) in [5.41, 5.74) is 1.39. The van der Waals surface area contributed by atoms with Gasteiger partial charge in [0.25, 0.3) is 11.8 Å². The lowest BCUT2D eigenvalue weighted by molar-refractivity contribution is -0.126. The van der Waals surface area contributed by atoms with E-state index in [9.17, 15) is 14.4 Å². The Kier molecular flexibility index (Phi) is 4.54. The van der Waals surface area contributed by atoms with Crippen LogP contribution in [0.3, 0.4) is 0 Å². The zero-order chi connectivity index (χ0) is 24.3. The number of rotatable bonds is 4. The van der Waals surface area contributed by atoms with Gasteiger partial charge in [-0.3, -0.25) is 14.4 Å². The van der Waals surface area contributed by atoms with Gasteiger partial charge in [0.15, 0.2) is 11.0 Å². The smallest absolute Gasteiger partial charge is 0.291 e. The zero-order valence-corrected chi connectivity index (χ0v) is 19.2. The molecule has 0 fully saturated rings. The Labute approximate surface area is 201 Å². The molecule has 6 heteroatoms. The number of anilines is 1. The first-order valence-electron chi connectivity index (χ1n) is 11.4. The van der Waals surface area contributed by atoms with Crippen LogP contribution < -0.4 is 10.3 Å². The monoisotopic (exact) mass is 462 g/mol. The number of nitrogens with zero attached hydrogens (tertiary/aromatic N) is 2. The highest BCUT2D eigenvalue weighted by molar-refractivity contribution is 6.17. The molecule has 0 bridgehead atoms. The topological polar surface area (TPSA) is 70.8 Å². The van der Waals surface area contributed by atoms with Crippen LogP contribution in [0.2, 0.25) is 0 Å². The molecule has 6 nitrogen and oxygen atoms in total. The van der Waals surface area contributed by atoms with Gasteiger partial charge in [0.05, 0.1) is 16.6 Å². The predicted octanol–water partition coefficient (Wildman–Crippen LogP) is 4.53. The molecule has 0 radical (unpaired) electrons. The molecule has 0 aliphatic carbocycles. The Morgan fingerprint density at radius 1 is 0.971 bits per heavy atom. The third-order valence-electron chi connectivity index (χ3n) is 6.89. The van der Waals surface area contributed by atoms with E-state index in [0.717, 1.165) is 11.1 Å². The lowest BCUT2D eigenvalue weighted by atomic mass is 9.83. The molecule has 1 unspecified atom stereocenters. The Bertz CT molecular complexity index is 1600. The first kappa shape index (κ1) is 21.1. The number of hydrogen-bond acceptors (Lipinski definition) is 4. The van der Waals surface area contributed by atoms with Crippen LogP contribution in [0.5, 0.6) is 0 Å². The molecular weight excluding hydrogens is 440 g/mol. The van der Waals surface area contributed by atoms with E-state index in [-0.39, 0.29) is 35.7 Å². The summed E-state index contributed by atoms with van der Waals surface area (Å²) in [7, 11) is 0. The molecule has 0 saturated carbocycles. The average Bonchev–Trinajstić information content (AvgIpc) is 3.26. The molecular formula is C29H22N2O4. The number of carbonyl (C=O) groups is 2. The van der Waals surface area contributed by atoms with Crippen LogP contribution in [0.15, 0.2) is 94.7 Å². The maximum atomic E-state index is 14.3. The van der Waals surface area contributed by atoms with Crippen molar-refractivity contribution in [2.75, 3.05) is 11.4 Å². The van der Waals surface area contributed by atoms with Gasteiger partial charge >= 0.3 is 0 Å². The van der Waals surface area contributed by atoms with Crippen LogP contribution in [0, 0.1) is 6.92 Å². The number of amides is 2. The van der Waals surface area contributed by atoms with Crippen LogP contribution >= 0.6 is 0 Å². The fourth-order valence-corrected chi connectivity index (χ4v) is 5.40. The fourth-order valence-electron chi connectivity index (χ4n) is 5.40. The van der Waals surface area contributed by atoms with Gasteiger partial charge in [-0.05, 0) is 30.7 Å². The maximum Gasteiger partial charge on any atom is 0.291 e. The number of hydrogen-bond donors (Lipinski definition) is 0. The normalized spacial score (nSPS) is 18.4. The summed E-state index contributed by atoms with van der Waals surface area (Å²) in [6.07, 6.45) is 1.64. The molecule has 35 heavy (non-hydrogen) atoms. The van der Waals surface area contributed by atoms with Crippen LogP contribution in [-0.4, -0.2) is 23.3 Å². The molecule has 4 aromatic rings.